The number of sulfonamides is 1. The zero-order valence-corrected chi connectivity index (χ0v) is 12.6. The molecule has 3 N–H and O–H groups in total. The summed E-state index contributed by atoms with van der Waals surface area (Å²) >= 11 is 0. The van der Waals surface area contributed by atoms with Gasteiger partial charge in [0.05, 0.1) is 24.2 Å². The molecule has 2 rings (SSSR count). The molecular formula is C13H19N3O4S. The molecule has 116 valence electrons. The Morgan fingerprint density at radius 3 is 2.81 bits per heavy atom. The van der Waals surface area contributed by atoms with Gasteiger partial charge in [0, 0.05) is 25.6 Å². The minimum atomic E-state index is -3.16. The Hall–Kier alpha value is -1.80. The molecule has 21 heavy (non-hydrogen) atoms. The van der Waals surface area contributed by atoms with Crippen molar-refractivity contribution in [1.82, 2.24) is 4.31 Å². The number of hydrogen-bond acceptors (Lipinski definition) is 5. The smallest absolute Gasteiger partial charge is 0.225 e. The van der Waals surface area contributed by atoms with Crippen molar-refractivity contribution in [3.8, 4) is 5.75 Å². The summed E-state index contributed by atoms with van der Waals surface area (Å²) in [7, 11) is -1.63. The quantitative estimate of drug-likeness (QED) is 0.777. The van der Waals surface area contributed by atoms with Crippen LogP contribution in [0.1, 0.15) is 12.8 Å². The van der Waals surface area contributed by atoms with Crippen molar-refractivity contribution >= 4 is 27.3 Å². The van der Waals surface area contributed by atoms with E-state index in [4.69, 9.17) is 10.5 Å². The summed E-state index contributed by atoms with van der Waals surface area (Å²) in [6.45, 7) is 0.685. The van der Waals surface area contributed by atoms with Crippen LogP contribution in [-0.4, -0.2) is 44.6 Å². The second-order valence-electron chi connectivity index (χ2n) is 4.82. The van der Waals surface area contributed by atoms with Crippen LogP contribution in [0.4, 0.5) is 11.4 Å². The standard InChI is InChI=1S/C13H19N3O4S/c1-20-10-3-4-12(11(14)9-10)15-13(17)5-7-16-6-2-8-21(16,18)19/h3-4,9H,2,5-8,14H2,1H3,(H,15,17). The summed E-state index contributed by atoms with van der Waals surface area (Å²) in [6, 6.07) is 4.95. The van der Waals surface area contributed by atoms with Crippen molar-refractivity contribution in [3.63, 3.8) is 0 Å². The molecule has 1 aliphatic rings. The zero-order chi connectivity index (χ0) is 15.5. The number of hydrogen-bond donors (Lipinski definition) is 2. The Kier molecular flexibility index (Phi) is 4.69. The molecule has 1 heterocycles. The molecular weight excluding hydrogens is 294 g/mol. The van der Waals surface area contributed by atoms with Gasteiger partial charge in [-0.25, -0.2) is 12.7 Å². The van der Waals surface area contributed by atoms with E-state index in [-0.39, 0.29) is 24.6 Å². The largest absolute Gasteiger partial charge is 0.497 e. The van der Waals surface area contributed by atoms with E-state index < -0.39 is 10.0 Å². The van der Waals surface area contributed by atoms with Gasteiger partial charge in [0.15, 0.2) is 0 Å². The van der Waals surface area contributed by atoms with Gasteiger partial charge in [-0.2, -0.15) is 0 Å². The number of nitrogen functional groups attached to an aromatic ring is 1. The molecule has 0 bridgehead atoms. The van der Waals surface area contributed by atoms with Crippen molar-refractivity contribution in [1.29, 1.82) is 0 Å². The summed E-state index contributed by atoms with van der Waals surface area (Å²) in [5.41, 5.74) is 6.70. The Labute approximate surface area is 124 Å². The van der Waals surface area contributed by atoms with Gasteiger partial charge in [0.1, 0.15) is 5.75 Å². The number of carbonyl (C=O) groups excluding carboxylic acids is 1. The van der Waals surface area contributed by atoms with Crippen molar-refractivity contribution in [2.24, 2.45) is 0 Å². The predicted molar refractivity (Wildman–Crippen MR) is 80.6 cm³/mol. The van der Waals surface area contributed by atoms with Crippen molar-refractivity contribution in [2.75, 3.05) is 37.0 Å². The Balaban J connectivity index is 1.90. The number of carbonyl (C=O) groups is 1. The predicted octanol–water partition coefficient (Wildman–Crippen LogP) is 0.641. The van der Waals surface area contributed by atoms with Gasteiger partial charge < -0.3 is 15.8 Å². The SMILES string of the molecule is COc1ccc(NC(=O)CCN2CCCS2(=O)=O)c(N)c1. The van der Waals surface area contributed by atoms with Gasteiger partial charge in [0.25, 0.3) is 0 Å². The molecule has 1 aromatic carbocycles. The van der Waals surface area contributed by atoms with Crippen LogP contribution in [0.3, 0.4) is 0 Å². The Morgan fingerprint density at radius 1 is 1.48 bits per heavy atom. The number of anilines is 2. The summed E-state index contributed by atoms with van der Waals surface area (Å²) in [4.78, 5) is 11.9. The van der Waals surface area contributed by atoms with Crippen molar-refractivity contribution < 1.29 is 17.9 Å². The highest BCUT2D eigenvalue weighted by Crippen LogP contribution is 2.24. The van der Waals surface area contributed by atoms with E-state index in [1.54, 1.807) is 18.2 Å². The summed E-state index contributed by atoms with van der Waals surface area (Å²) in [6.07, 6.45) is 0.722. The van der Waals surface area contributed by atoms with Gasteiger partial charge >= 0.3 is 0 Å². The van der Waals surface area contributed by atoms with E-state index in [2.05, 4.69) is 5.32 Å². The van der Waals surface area contributed by atoms with E-state index in [0.717, 1.165) is 0 Å². The van der Waals surface area contributed by atoms with E-state index in [0.29, 0.717) is 30.1 Å². The molecule has 0 saturated carbocycles. The monoisotopic (exact) mass is 313 g/mol. The fourth-order valence-electron chi connectivity index (χ4n) is 2.16. The number of nitrogens with one attached hydrogen (secondary N) is 1. The molecule has 1 fully saturated rings. The van der Waals surface area contributed by atoms with Crippen LogP contribution < -0.4 is 15.8 Å². The van der Waals surface area contributed by atoms with Crippen LogP contribution in [0.15, 0.2) is 18.2 Å². The third-order valence-corrected chi connectivity index (χ3v) is 5.28. The maximum atomic E-state index is 11.9. The number of nitrogens with two attached hydrogens (primary N) is 1. The first-order valence-corrected chi connectivity index (χ1v) is 8.24. The third-order valence-electron chi connectivity index (χ3n) is 3.32. The molecule has 0 aliphatic carbocycles. The fraction of sp³-hybridized carbons (Fsp3) is 0.462. The first-order chi connectivity index (χ1) is 9.92. The average molecular weight is 313 g/mol. The van der Waals surface area contributed by atoms with Gasteiger partial charge in [0.2, 0.25) is 15.9 Å². The van der Waals surface area contributed by atoms with Gasteiger partial charge in [-0.3, -0.25) is 4.79 Å². The van der Waals surface area contributed by atoms with Crippen LogP contribution in [0.5, 0.6) is 5.75 Å². The van der Waals surface area contributed by atoms with Crippen LogP contribution in [0.25, 0.3) is 0 Å². The molecule has 1 aliphatic heterocycles. The molecule has 0 unspecified atom stereocenters. The normalized spacial score (nSPS) is 17.6. The number of rotatable bonds is 5. The van der Waals surface area contributed by atoms with Crippen LogP contribution in [-0.2, 0) is 14.8 Å². The van der Waals surface area contributed by atoms with Gasteiger partial charge in [-0.15, -0.1) is 0 Å². The summed E-state index contributed by atoms with van der Waals surface area (Å²) < 4.78 is 29.6. The second kappa shape index (κ2) is 6.31. The van der Waals surface area contributed by atoms with Gasteiger partial charge in [-0.05, 0) is 18.6 Å². The minimum absolute atomic E-state index is 0.102. The number of amides is 1. The lowest BCUT2D eigenvalue weighted by Crippen LogP contribution is -2.29. The highest BCUT2D eigenvalue weighted by molar-refractivity contribution is 7.89. The minimum Gasteiger partial charge on any atom is -0.497 e. The molecule has 1 saturated heterocycles. The second-order valence-corrected chi connectivity index (χ2v) is 6.91. The van der Waals surface area contributed by atoms with Crippen LogP contribution >= 0.6 is 0 Å². The summed E-state index contributed by atoms with van der Waals surface area (Å²) in [5, 5.41) is 2.67. The Morgan fingerprint density at radius 2 is 2.24 bits per heavy atom. The van der Waals surface area contributed by atoms with Crippen molar-refractivity contribution in [2.45, 2.75) is 12.8 Å². The molecule has 0 aromatic heterocycles. The molecule has 0 spiro atoms. The van der Waals surface area contributed by atoms with Crippen molar-refractivity contribution in [3.05, 3.63) is 18.2 Å². The van der Waals surface area contributed by atoms with Gasteiger partial charge in [-0.1, -0.05) is 0 Å². The number of ether oxygens (including phenoxy) is 1. The molecule has 0 radical (unpaired) electrons. The van der Waals surface area contributed by atoms with E-state index in [1.165, 1.54) is 11.4 Å². The first kappa shape index (κ1) is 15.6. The van der Waals surface area contributed by atoms with Crippen LogP contribution in [0.2, 0.25) is 0 Å². The van der Waals surface area contributed by atoms with E-state index in [1.807, 2.05) is 0 Å². The highest BCUT2D eigenvalue weighted by Gasteiger charge is 2.28. The highest BCUT2D eigenvalue weighted by atomic mass is 32.2. The van der Waals surface area contributed by atoms with Crippen LogP contribution in [0, 0.1) is 0 Å². The number of methoxy groups -OCH3 is 1. The maximum absolute atomic E-state index is 11.9. The number of nitrogens with zero attached hydrogens (tertiary/aromatic N) is 1. The topological polar surface area (TPSA) is 102 Å². The molecule has 8 heteroatoms. The third kappa shape index (κ3) is 3.85. The number of benzene rings is 1. The van der Waals surface area contributed by atoms with E-state index >= 15 is 0 Å². The lowest BCUT2D eigenvalue weighted by atomic mass is 10.2. The molecule has 1 amide bonds. The lowest BCUT2D eigenvalue weighted by molar-refractivity contribution is -0.116. The molecule has 7 nitrogen and oxygen atoms in total. The summed E-state index contributed by atoms with van der Waals surface area (Å²) in [5.74, 6) is 0.502. The lowest BCUT2D eigenvalue weighted by Gasteiger charge is -2.14. The Bertz CT molecular complexity index is 630. The fourth-order valence-corrected chi connectivity index (χ4v) is 3.69. The molecule has 0 atom stereocenters. The first-order valence-electron chi connectivity index (χ1n) is 6.63. The zero-order valence-electron chi connectivity index (χ0n) is 11.8. The maximum Gasteiger partial charge on any atom is 0.225 e. The average Bonchev–Trinajstić information content (AvgIpc) is 2.77. The molecule has 1 aromatic rings. The van der Waals surface area contributed by atoms with E-state index in [9.17, 15) is 13.2 Å².